The Hall–Kier alpha value is -0.980. The summed E-state index contributed by atoms with van der Waals surface area (Å²) in [6.45, 7) is 2.10. The summed E-state index contributed by atoms with van der Waals surface area (Å²) in [5.74, 6) is 0.818. The number of aliphatic hydroxyl groups is 1. The van der Waals surface area contributed by atoms with E-state index in [-0.39, 0.29) is 12.4 Å². The fraction of sp³-hybridized carbons (Fsp3) is 0.500. The second-order valence-electron chi connectivity index (χ2n) is 3.88. The van der Waals surface area contributed by atoms with Crippen LogP contribution >= 0.6 is 11.6 Å². The van der Waals surface area contributed by atoms with E-state index in [0.717, 1.165) is 0 Å². The Morgan fingerprint density at radius 2 is 2.16 bits per heavy atom. The summed E-state index contributed by atoms with van der Waals surface area (Å²) in [5, 5.41) is 9.23. The first kappa shape index (κ1) is 16.1. The van der Waals surface area contributed by atoms with Crippen LogP contribution in [0.3, 0.4) is 0 Å². The van der Waals surface area contributed by atoms with Gasteiger partial charge in [0, 0.05) is 17.1 Å². The first-order valence-corrected chi connectivity index (χ1v) is 8.14. The monoisotopic (exact) mass is 307 g/mol. The highest BCUT2D eigenvalue weighted by Gasteiger charge is 2.11. The van der Waals surface area contributed by atoms with Gasteiger partial charge in [-0.15, -0.1) is 11.6 Å². The van der Waals surface area contributed by atoms with Crippen LogP contribution in [0, 0.1) is 0 Å². The maximum absolute atomic E-state index is 11.7. The molecule has 2 N–H and O–H groups in total. The van der Waals surface area contributed by atoms with Crippen LogP contribution in [-0.4, -0.2) is 31.8 Å². The Kier molecular flexibility index (Phi) is 6.41. The predicted octanol–water partition coefficient (Wildman–Crippen LogP) is 1.95. The van der Waals surface area contributed by atoms with Gasteiger partial charge in [0.15, 0.2) is 0 Å². The summed E-state index contributed by atoms with van der Waals surface area (Å²) in [7, 11) is -3.40. The number of halogens is 1. The molecule has 0 spiro atoms. The first-order valence-electron chi connectivity index (χ1n) is 5.95. The van der Waals surface area contributed by atoms with Crippen LogP contribution in [0.15, 0.2) is 18.2 Å². The van der Waals surface area contributed by atoms with Crippen molar-refractivity contribution in [1.82, 2.24) is 0 Å². The zero-order valence-electron chi connectivity index (χ0n) is 10.7. The third-order valence-corrected chi connectivity index (χ3v) is 3.99. The Morgan fingerprint density at radius 1 is 1.42 bits per heavy atom. The molecule has 0 saturated heterocycles. The highest BCUT2D eigenvalue weighted by atomic mass is 35.5. The molecule has 7 heteroatoms. The fourth-order valence-electron chi connectivity index (χ4n) is 1.54. The normalized spacial score (nSPS) is 11.3. The number of nitrogens with one attached hydrogen (secondary N) is 1. The standard InChI is InChI=1S/C12H18ClNO4S/c1-2-18-12-5-4-11(8-10(12)9-15)14-19(16,17)7-3-6-13/h4-5,8,14-15H,2-3,6-7,9H2,1H3. The van der Waals surface area contributed by atoms with E-state index in [1.54, 1.807) is 18.2 Å². The van der Waals surface area contributed by atoms with Gasteiger partial charge in [0.1, 0.15) is 5.75 Å². The minimum Gasteiger partial charge on any atom is -0.494 e. The molecular weight excluding hydrogens is 290 g/mol. The van der Waals surface area contributed by atoms with Crippen LogP contribution in [0.1, 0.15) is 18.9 Å². The van der Waals surface area contributed by atoms with E-state index in [9.17, 15) is 13.5 Å². The lowest BCUT2D eigenvalue weighted by Crippen LogP contribution is -2.17. The molecule has 0 heterocycles. The summed E-state index contributed by atoms with van der Waals surface area (Å²) >= 11 is 5.47. The van der Waals surface area contributed by atoms with E-state index in [0.29, 0.717) is 35.9 Å². The number of rotatable bonds is 8. The molecule has 0 aliphatic carbocycles. The van der Waals surface area contributed by atoms with Crippen molar-refractivity contribution in [3.63, 3.8) is 0 Å². The van der Waals surface area contributed by atoms with Gasteiger partial charge in [-0.05, 0) is 31.5 Å². The SMILES string of the molecule is CCOc1ccc(NS(=O)(=O)CCCCl)cc1CO. The van der Waals surface area contributed by atoms with Crippen molar-refractivity contribution >= 4 is 27.3 Å². The number of aliphatic hydroxyl groups excluding tert-OH is 1. The number of hydrogen-bond donors (Lipinski definition) is 2. The lowest BCUT2D eigenvalue weighted by molar-refractivity contribution is 0.267. The Balaban J connectivity index is 2.85. The van der Waals surface area contributed by atoms with Gasteiger partial charge in [-0.3, -0.25) is 4.72 Å². The lowest BCUT2D eigenvalue weighted by atomic mass is 10.2. The molecule has 0 aromatic heterocycles. The third-order valence-electron chi connectivity index (χ3n) is 2.35. The number of alkyl halides is 1. The predicted molar refractivity (Wildman–Crippen MR) is 76.3 cm³/mol. The Labute approximate surface area is 118 Å². The number of anilines is 1. The van der Waals surface area contributed by atoms with Crippen molar-refractivity contribution < 1.29 is 18.3 Å². The van der Waals surface area contributed by atoms with Crippen molar-refractivity contribution in [3.8, 4) is 5.75 Å². The average Bonchev–Trinajstić information content (AvgIpc) is 2.38. The van der Waals surface area contributed by atoms with Gasteiger partial charge < -0.3 is 9.84 Å². The van der Waals surface area contributed by atoms with Crippen LogP contribution in [0.25, 0.3) is 0 Å². The highest BCUT2D eigenvalue weighted by Crippen LogP contribution is 2.23. The Morgan fingerprint density at radius 3 is 2.74 bits per heavy atom. The molecule has 108 valence electrons. The van der Waals surface area contributed by atoms with E-state index in [2.05, 4.69) is 4.72 Å². The summed E-state index contributed by atoms with van der Waals surface area (Å²) in [6.07, 6.45) is 0.390. The van der Waals surface area contributed by atoms with Crippen LogP contribution in [0.2, 0.25) is 0 Å². The zero-order chi connectivity index (χ0) is 14.3. The fourth-order valence-corrected chi connectivity index (χ4v) is 2.94. The summed E-state index contributed by atoms with van der Waals surface area (Å²) in [5.41, 5.74) is 0.946. The quantitative estimate of drug-likeness (QED) is 0.720. The first-order chi connectivity index (χ1) is 9.02. The van der Waals surface area contributed by atoms with Crippen molar-refractivity contribution in [2.24, 2.45) is 0 Å². The smallest absolute Gasteiger partial charge is 0.232 e. The van der Waals surface area contributed by atoms with E-state index < -0.39 is 10.0 Å². The molecular formula is C12H18ClNO4S. The molecule has 0 fully saturated rings. The largest absolute Gasteiger partial charge is 0.494 e. The Bertz CT molecular complexity index is 504. The number of ether oxygens (including phenoxy) is 1. The minimum absolute atomic E-state index is 0.0296. The number of sulfonamides is 1. The number of hydrogen-bond acceptors (Lipinski definition) is 4. The van der Waals surface area contributed by atoms with Crippen molar-refractivity contribution in [2.75, 3.05) is 23.0 Å². The topological polar surface area (TPSA) is 75.6 Å². The molecule has 0 radical (unpaired) electrons. The lowest BCUT2D eigenvalue weighted by Gasteiger charge is -2.12. The zero-order valence-corrected chi connectivity index (χ0v) is 12.3. The van der Waals surface area contributed by atoms with Crippen LogP contribution in [-0.2, 0) is 16.6 Å². The molecule has 5 nitrogen and oxygen atoms in total. The van der Waals surface area contributed by atoms with Gasteiger partial charge >= 0.3 is 0 Å². The summed E-state index contributed by atoms with van der Waals surface area (Å²) < 4.78 is 31.2. The molecule has 0 unspecified atom stereocenters. The van der Waals surface area contributed by atoms with Gasteiger partial charge in [0.2, 0.25) is 10.0 Å². The molecule has 0 atom stereocenters. The second-order valence-corrected chi connectivity index (χ2v) is 6.10. The van der Waals surface area contributed by atoms with Crippen molar-refractivity contribution in [1.29, 1.82) is 0 Å². The number of benzene rings is 1. The molecule has 0 aliphatic heterocycles. The summed E-state index contributed by atoms with van der Waals surface area (Å²) in [4.78, 5) is 0. The van der Waals surface area contributed by atoms with Gasteiger partial charge in [-0.2, -0.15) is 0 Å². The molecule has 0 saturated carbocycles. The van der Waals surface area contributed by atoms with E-state index in [1.165, 1.54) is 0 Å². The third kappa shape index (κ3) is 5.26. The summed E-state index contributed by atoms with van der Waals surface area (Å²) in [6, 6.07) is 4.79. The van der Waals surface area contributed by atoms with Gasteiger partial charge in [-0.1, -0.05) is 0 Å². The maximum atomic E-state index is 11.7. The molecule has 0 bridgehead atoms. The van der Waals surface area contributed by atoms with Crippen LogP contribution < -0.4 is 9.46 Å². The average molecular weight is 308 g/mol. The van der Waals surface area contributed by atoms with Crippen molar-refractivity contribution in [2.45, 2.75) is 20.0 Å². The molecule has 1 aromatic carbocycles. The highest BCUT2D eigenvalue weighted by molar-refractivity contribution is 7.92. The van der Waals surface area contributed by atoms with E-state index in [4.69, 9.17) is 16.3 Å². The van der Waals surface area contributed by atoms with Gasteiger partial charge in [0.05, 0.1) is 19.0 Å². The second kappa shape index (κ2) is 7.57. The maximum Gasteiger partial charge on any atom is 0.232 e. The van der Waals surface area contributed by atoms with Gasteiger partial charge in [0.25, 0.3) is 0 Å². The molecule has 1 rings (SSSR count). The molecule has 0 amide bonds. The molecule has 19 heavy (non-hydrogen) atoms. The van der Waals surface area contributed by atoms with Gasteiger partial charge in [-0.25, -0.2) is 8.42 Å². The van der Waals surface area contributed by atoms with E-state index in [1.807, 2.05) is 6.92 Å². The molecule has 0 aliphatic rings. The van der Waals surface area contributed by atoms with Crippen molar-refractivity contribution in [3.05, 3.63) is 23.8 Å². The minimum atomic E-state index is -3.40. The van der Waals surface area contributed by atoms with Crippen LogP contribution in [0.4, 0.5) is 5.69 Å². The molecule has 1 aromatic rings. The van der Waals surface area contributed by atoms with Crippen LogP contribution in [0.5, 0.6) is 5.75 Å². The van der Waals surface area contributed by atoms with E-state index >= 15 is 0 Å².